The third kappa shape index (κ3) is 4.93. The minimum atomic E-state index is -1.16. The van der Waals surface area contributed by atoms with Crippen LogP contribution in [-0.4, -0.2) is 61.7 Å². The van der Waals surface area contributed by atoms with Crippen molar-refractivity contribution in [2.24, 2.45) is 5.73 Å². The van der Waals surface area contributed by atoms with E-state index in [0.717, 1.165) is 17.7 Å². The van der Waals surface area contributed by atoms with Crippen LogP contribution >= 0.6 is 11.6 Å². The molecular formula is C19H22ClN7O3S. The molecule has 0 aromatic carbocycles. The number of carbonyl (C=O) groups excluding carboxylic acids is 1. The molecule has 0 saturated heterocycles. The summed E-state index contributed by atoms with van der Waals surface area (Å²) in [5.41, 5.74) is 6.87. The van der Waals surface area contributed by atoms with Gasteiger partial charge in [-0.25, -0.2) is 19.7 Å². The number of fused-ring (bicyclic) bond motifs is 1. The molecule has 0 fully saturated rings. The van der Waals surface area contributed by atoms with E-state index in [1.165, 1.54) is 0 Å². The van der Waals surface area contributed by atoms with E-state index in [-0.39, 0.29) is 12.6 Å². The summed E-state index contributed by atoms with van der Waals surface area (Å²) in [7, 11) is -1.16. The van der Waals surface area contributed by atoms with Crippen molar-refractivity contribution >= 4 is 45.8 Å². The largest absolute Gasteiger partial charge is 0.448 e. The van der Waals surface area contributed by atoms with Gasteiger partial charge in [-0.2, -0.15) is 4.98 Å². The fourth-order valence-corrected chi connectivity index (χ4v) is 4.85. The Balaban J connectivity index is 1.54. The lowest BCUT2D eigenvalue weighted by atomic mass is 10.1. The molecule has 1 amide bonds. The standard InChI is InChI=1S/C19H22ClN7O3S/c1-11(10-30-18(21)28)24-17-15-14(4-7-31(15)29)25-19(26-17)27-5-2-12(3-6-27)16-22-8-13(20)9-23-16/h2,8-9,11H,3-7,10H2,1H3,(H2,21,28)(H,24,25,26). The lowest BCUT2D eigenvalue weighted by molar-refractivity contribution is 0.153. The summed E-state index contributed by atoms with van der Waals surface area (Å²) < 4.78 is 17.3. The predicted octanol–water partition coefficient (Wildman–Crippen LogP) is 1.77. The van der Waals surface area contributed by atoms with Gasteiger partial charge in [0.2, 0.25) is 5.95 Å². The molecule has 0 bridgehead atoms. The Labute approximate surface area is 186 Å². The van der Waals surface area contributed by atoms with Crippen LogP contribution in [-0.2, 0) is 22.0 Å². The summed E-state index contributed by atoms with van der Waals surface area (Å²) in [6, 6.07) is -0.258. The summed E-state index contributed by atoms with van der Waals surface area (Å²) in [6.07, 6.45) is 5.75. The molecule has 2 aromatic heterocycles. The molecular weight excluding hydrogens is 442 g/mol. The number of amides is 1. The molecule has 10 nitrogen and oxygen atoms in total. The number of nitrogens with one attached hydrogen (secondary N) is 1. The topological polar surface area (TPSA) is 136 Å². The van der Waals surface area contributed by atoms with E-state index in [4.69, 9.17) is 22.1 Å². The molecule has 31 heavy (non-hydrogen) atoms. The molecule has 2 aliphatic rings. The summed E-state index contributed by atoms with van der Waals surface area (Å²) in [5, 5.41) is 3.70. The molecule has 0 aliphatic carbocycles. The maximum Gasteiger partial charge on any atom is 0.404 e. The van der Waals surface area contributed by atoms with Crippen LogP contribution in [0.1, 0.15) is 24.9 Å². The van der Waals surface area contributed by atoms with E-state index in [9.17, 15) is 9.00 Å². The number of ether oxygens (including phenoxy) is 1. The van der Waals surface area contributed by atoms with Crippen LogP contribution in [0.3, 0.4) is 0 Å². The monoisotopic (exact) mass is 463 g/mol. The van der Waals surface area contributed by atoms with E-state index in [1.807, 2.05) is 6.92 Å². The van der Waals surface area contributed by atoms with Crippen LogP contribution in [0, 0.1) is 0 Å². The molecule has 12 heteroatoms. The highest BCUT2D eigenvalue weighted by Gasteiger charge is 2.28. The van der Waals surface area contributed by atoms with Crippen LogP contribution in [0.15, 0.2) is 23.4 Å². The first-order chi connectivity index (χ1) is 14.9. The Bertz CT molecular complexity index is 1050. The third-order valence-electron chi connectivity index (χ3n) is 4.93. The van der Waals surface area contributed by atoms with E-state index in [0.29, 0.717) is 52.8 Å². The van der Waals surface area contributed by atoms with E-state index in [1.54, 1.807) is 12.4 Å². The van der Waals surface area contributed by atoms with Crippen LogP contribution in [0.2, 0.25) is 5.02 Å². The molecule has 4 rings (SSSR count). The van der Waals surface area contributed by atoms with Crippen molar-refractivity contribution in [3.8, 4) is 0 Å². The highest BCUT2D eigenvalue weighted by Crippen LogP contribution is 2.31. The zero-order valence-electron chi connectivity index (χ0n) is 16.9. The number of nitrogens with two attached hydrogens (primary N) is 1. The number of hydrogen-bond acceptors (Lipinski definition) is 9. The fraction of sp³-hybridized carbons (Fsp3) is 0.421. The normalized spacial score (nSPS) is 18.8. The van der Waals surface area contributed by atoms with Gasteiger partial charge in [0.25, 0.3) is 0 Å². The Hall–Kier alpha value is -2.79. The fourth-order valence-electron chi connectivity index (χ4n) is 3.44. The van der Waals surface area contributed by atoms with Crippen molar-refractivity contribution in [1.29, 1.82) is 0 Å². The SMILES string of the molecule is CC(COC(N)=O)Nc1nc(N2CC=C(c3ncc(Cl)cn3)CC2)nc2c1S(=O)CC2. The second kappa shape index (κ2) is 9.15. The van der Waals surface area contributed by atoms with Crippen molar-refractivity contribution in [3.05, 3.63) is 35.0 Å². The average Bonchev–Trinajstić information content (AvgIpc) is 3.14. The second-order valence-corrected chi connectivity index (χ2v) is 9.22. The molecule has 0 radical (unpaired) electrons. The molecule has 2 unspecified atom stereocenters. The molecule has 2 atom stereocenters. The van der Waals surface area contributed by atoms with Gasteiger partial charge >= 0.3 is 6.09 Å². The van der Waals surface area contributed by atoms with Gasteiger partial charge in [0.15, 0.2) is 5.82 Å². The molecule has 4 heterocycles. The van der Waals surface area contributed by atoms with Gasteiger partial charge < -0.3 is 20.7 Å². The van der Waals surface area contributed by atoms with Crippen LogP contribution < -0.4 is 16.0 Å². The van der Waals surface area contributed by atoms with E-state index in [2.05, 4.69) is 36.2 Å². The quantitative estimate of drug-likeness (QED) is 0.656. The molecule has 0 saturated carbocycles. The highest BCUT2D eigenvalue weighted by molar-refractivity contribution is 7.85. The summed E-state index contributed by atoms with van der Waals surface area (Å²) in [5.74, 6) is 2.26. The van der Waals surface area contributed by atoms with Crippen molar-refractivity contribution in [2.45, 2.75) is 30.7 Å². The van der Waals surface area contributed by atoms with Crippen LogP contribution in [0.4, 0.5) is 16.6 Å². The number of rotatable bonds is 6. The first kappa shape index (κ1) is 21.4. The van der Waals surface area contributed by atoms with Gasteiger partial charge in [-0.1, -0.05) is 17.7 Å². The minimum Gasteiger partial charge on any atom is -0.448 e. The summed E-state index contributed by atoms with van der Waals surface area (Å²) in [6.45, 7) is 3.20. The number of aryl methyl sites for hydroxylation is 1. The van der Waals surface area contributed by atoms with Crippen molar-refractivity contribution < 1.29 is 13.7 Å². The molecule has 0 spiro atoms. The first-order valence-electron chi connectivity index (χ1n) is 9.80. The first-order valence-corrected chi connectivity index (χ1v) is 11.5. The predicted molar refractivity (Wildman–Crippen MR) is 117 cm³/mol. The summed E-state index contributed by atoms with van der Waals surface area (Å²) in [4.78, 5) is 31.4. The van der Waals surface area contributed by atoms with E-state index >= 15 is 0 Å². The molecule has 3 N–H and O–H groups in total. The summed E-state index contributed by atoms with van der Waals surface area (Å²) >= 11 is 5.87. The second-order valence-electron chi connectivity index (χ2n) is 7.27. The van der Waals surface area contributed by atoms with Gasteiger partial charge in [0.05, 0.1) is 27.6 Å². The van der Waals surface area contributed by atoms with Gasteiger partial charge in [0.1, 0.15) is 17.3 Å². The zero-order chi connectivity index (χ0) is 22.0. The third-order valence-corrected chi connectivity index (χ3v) is 6.59. The lowest BCUT2D eigenvalue weighted by Crippen LogP contribution is -2.31. The lowest BCUT2D eigenvalue weighted by Gasteiger charge is -2.27. The van der Waals surface area contributed by atoms with Gasteiger partial charge in [-0.3, -0.25) is 4.21 Å². The Morgan fingerprint density at radius 2 is 2.13 bits per heavy atom. The Morgan fingerprint density at radius 1 is 1.35 bits per heavy atom. The van der Waals surface area contributed by atoms with Crippen LogP contribution in [0.25, 0.3) is 5.57 Å². The van der Waals surface area contributed by atoms with Gasteiger partial charge in [-0.05, 0) is 18.9 Å². The molecule has 164 valence electrons. The number of nitrogens with zero attached hydrogens (tertiary/aromatic N) is 5. The van der Waals surface area contributed by atoms with Crippen molar-refractivity contribution in [3.63, 3.8) is 0 Å². The average molecular weight is 464 g/mol. The van der Waals surface area contributed by atoms with Crippen molar-refractivity contribution in [1.82, 2.24) is 19.9 Å². The van der Waals surface area contributed by atoms with Gasteiger partial charge in [-0.15, -0.1) is 0 Å². The van der Waals surface area contributed by atoms with Gasteiger partial charge in [0, 0.05) is 37.7 Å². The number of aromatic nitrogens is 4. The number of hydrogen-bond donors (Lipinski definition) is 2. The number of halogens is 1. The highest BCUT2D eigenvalue weighted by atomic mass is 35.5. The van der Waals surface area contributed by atoms with Crippen molar-refractivity contribution in [2.75, 3.05) is 35.7 Å². The Morgan fingerprint density at radius 3 is 2.81 bits per heavy atom. The maximum absolute atomic E-state index is 12.5. The molecule has 2 aliphatic heterocycles. The number of primary amides is 1. The minimum absolute atomic E-state index is 0.0764. The number of anilines is 2. The Kier molecular flexibility index (Phi) is 6.33. The smallest absolute Gasteiger partial charge is 0.404 e. The number of carbonyl (C=O) groups is 1. The maximum atomic E-state index is 12.5. The van der Waals surface area contributed by atoms with Crippen LogP contribution in [0.5, 0.6) is 0 Å². The zero-order valence-corrected chi connectivity index (χ0v) is 18.4. The molecule has 2 aromatic rings. The van der Waals surface area contributed by atoms with E-state index < -0.39 is 16.9 Å².